The van der Waals surface area contributed by atoms with Crippen LogP contribution >= 0.6 is 0 Å². The quantitative estimate of drug-likeness (QED) is 0.357. The smallest absolute Gasteiger partial charge is 0.342 e. The van der Waals surface area contributed by atoms with Gasteiger partial charge in [0.05, 0.1) is 19.8 Å². The fraction of sp³-hybridized carbons (Fsp3) is 0.367. The van der Waals surface area contributed by atoms with Crippen LogP contribution in [0.25, 0.3) is 11.1 Å². The van der Waals surface area contributed by atoms with Crippen LogP contribution < -0.4 is 0 Å². The number of ether oxygens (including phenoxy) is 7. The molecule has 0 unspecified atom stereocenters. The number of Topliss-reactive ketones (excluding diaryl/α,β-unsaturated/α-hetero) is 1. The average Bonchev–Trinajstić information content (AvgIpc) is 3.40. The summed E-state index contributed by atoms with van der Waals surface area (Å²) in [4.78, 5) is 41.7. The van der Waals surface area contributed by atoms with Gasteiger partial charge in [0.2, 0.25) is 5.78 Å². The van der Waals surface area contributed by atoms with E-state index in [2.05, 4.69) is 0 Å². The summed E-state index contributed by atoms with van der Waals surface area (Å²) in [6, 6.07) is 14.4. The van der Waals surface area contributed by atoms with E-state index in [-0.39, 0.29) is 11.1 Å². The first-order valence-electron chi connectivity index (χ1n) is 12.3. The van der Waals surface area contributed by atoms with E-state index in [9.17, 15) is 14.4 Å². The van der Waals surface area contributed by atoms with Gasteiger partial charge in [0, 0.05) is 39.6 Å². The Morgan fingerprint density at radius 1 is 0.650 bits per heavy atom. The second-order valence-corrected chi connectivity index (χ2v) is 9.32. The first-order valence-corrected chi connectivity index (χ1v) is 12.3. The third-order valence-electron chi connectivity index (χ3n) is 7.36. The minimum absolute atomic E-state index is 0.140. The summed E-state index contributed by atoms with van der Waals surface area (Å²) in [5.41, 5.74) is 0.0479. The third-order valence-corrected chi connectivity index (χ3v) is 7.36. The standard InChI is InChI=1S/C30H32O10/c1-17-9-13-19(14-10-17)21-22(20-15-11-18(2)12-16-20)28(29(36-5,37-6)25(21)31)23(26(32)34-3)24(27(33)35-4)30(38-7,39-8)40-28/h9-16H,1-8H3/t28-/m0/s1. The van der Waals surface area contributed by atoms with Gasteiger partial charge in [-0.25, -0.2) is 9.59 Å². The lowest BCUT2D eigenvalue weighted by Crippen LogP contribution is -2.62. The van der Waals surface area contributed by atoms with Gasteiger partial charge in [0.1, 0.15) is 5.57 Å². The molecule has 10 nitrogen and oxygen atoms in total. The van der Waals surface area contributed by atoms with Crippen molar-refractivity contribution in [2.45, 2.75) is 31.2 Å². The van der Waals surface area contributed by atoms with Gasteiger partial charge >= 0.3 is 17.9 Å². The van der Waals surface area contributed by atoms with Crippen LogP contribution in [0.4, 0.5) is 0 Å². The lowest BCUT2D eigenvalue weighted by molar-refractivity contribution is -0.377. The molecule has 0 amide bonds. The fourth-order valence-electron chi connectivity index (χ4n) is 5.49. The minimum atomic E-state index is -2.34. The van der Waals surface area contributed by atoms with Crippen LogP contribution in [-0.2, 0) is 47.5 Å². The largest absolute Gasteiger partial charge is 0.466 e. The summed E-state index contributed by atoms with van der Waals surface area (Å²) in [5.74, 6) is -7.35. The molecule has 40 heavy (non-hydrogen) atoms. The number of ketones is 1. The molecule has 1 heterocycles. The predicted molar refractivity (Wildman–Crippen MR) is 143 cm³/mol. The van der Waals surface area contributed by atoms with E-state index in [1.165, 1.54) is 28.4 Å². The Labute approximate surface area is 232 Å². The van der Waals surface area contributed by atoms with Crippen LogP contribution in [0.3, 0.4) is 0 Å². The van der Waals surface area contributed by atoms with E-state index in [1.807, 2.05) is 38.1 Å². The second kappa shape index (κ2) is 10.7. The molecule has 4 rings (SSSR count). The summed E-state index contributed by atoms with van der Waals surface area (Å²) in [5, 5.41) is 0. The number of hydrogen-bond acceptors (Lipinski definition) is 10. The molecular formula is C30H32O10. The SMILES string of the molecule is COC(=O)C1=C(C(=O)OC)[C@@]2(OC1(OC)OC)C(c1ccc(C)cc1)=C(c1ccc(C)cc1)C(=O)C2(OC)OC. The number of aryl methyl sites for hydroxylation is 2. The molecule has 0 bridgehead atoms. The van der Waals surface area contributed by atoms with E-state index in [0.717, 1.165) is 25.3 Å². The zero-order valence-corrected chi connectivity index (χ0v) is 23.7. The van der Waals surface area contributed by atoms with Crippen LogP contribution in [-0.4, -0.2) is 77.7 Å². The molecule has 2 aromatic rings. The van der Waals surface area contributed by atoms with E-state index in [4.69, 9.17) is 33.2 Å². The van der Waals surface area contributed by atoms with Gasteiger partial charge in [-0.2, -0.15) is 0 Å². The van der Waals surface area contributed by atoms with Crippen molar-refractivity contribution in [2.24, 2.45) is 0 Å². The number of carbonyl (C=O) groups excluding carboxylic acids is 3. The van der Waals surface area contributed by atoms with Crippen molar-refractivity contribution < 1.29 is 47.5 Å². The molecule has 1 aliphatic carbocycles. The van der Waals surface area contributed by atoms with Gasteiger partial charge in [-0.1, -0.05) is 59.7 Å². The zero-order valence-electron chi connectivity index (χ0n) is 23.7. The van der Waals surface area contributed by atoms with Crippen molar-refractivity contribution >= 4 is 28.9 Å². The molecule has 0 saturated heterocycles. The lowest BCUT2D eigenvalue weighted by Gasteiger charge is -2.43. The highest BCUT2D eigenvalue weighted by atomic mass is 16.9. The number of rotatable bonds is 8. The number of carbonyl (C=O) groups is 3. The topological polar surface area (TPSA) is 116 Å². The number of hydrogen-bond donors (Lipinski definition) is 0. The van der Waals surface area contributed by atoms with Gasteiger partial charge in [0.25, 0.3) is 5.79 Å². The molecule has 2 aromatic carbocycles. The maximum atomic E-state index is 14.6. The first-order chi connectivity index (χ1) is 19.1. The van der Waals surface area contributed by atoms with Crippen LogP contribution in [0, 0.1) is 13.8 Å². The molecule has 1 spiro atoms. The van der Waals surface area contributed by atoms with Crippen LogP contribution in [0.1, 0.15) is 22.3 Å². The van der Waals surface area contributed by atoms with Crippen molar-refractivity contribution in [1.29, 1.82) is 0 Å². The number of benzene rings is 2. The highest BCUT2D eigenvalue weighted by molar-refractivity contribution is 6.38. The van der Waals surface area contributed by atoms with Gasteiger partial charge in [-0.05, 0) is 25.0 Å². The van der Waals surface area contributed by atoms with Gasteiger partial charge in [0.15, 0.2) is 5.60 Å². The molecule has 0 fully saturated rings. The number of methoxy groups -OCH3 is 6. The number of esters is 2. The molecule has 0 saturated carbocycles. The van der Waals surface area contributed by atoms with Crippen LogP contribution in [0.2, 0.25) is 0 Å². The molecule has 0 radical (unpaired) electrons. The Bertz CT molecular complexity index is 1390. The Hall–Kier alpha value is -3.67. The molecule has 212 valence electrons. The van der Waals surface area contributed by atoms with Crippen molar-refractivity contribution in [3.05, 3.63) is 81.9 Å². The summed E-state index contributed by atoms with van der Waals surface area (Å²) < 4.78 is 39.7. The molecule has 0 N–H and O–H groups in total. The normalized spacial score (nSPS) is 21.4. The van der Waals surface area contributed by atoms with Crippen LogP contribution in [0.15, 0.2) is 59.7 Å². The van der Waals surface area contributed by atoms with Gasteiger partial charge in [-0.15, -0.1) is 0 Å². The summed E-state index contributed by atoms with van der Waals surface area (Å²) in [6.45, 7) is 3.82. The van der Waals surface area contributed by atoms with E-state index in [0.29, 0.717) is 11.1 Å². The Balaban J connectivity index is 2.31. The summed E-state index contributed by atoms with van der Waals surface area (Å²) in [7, 11) is 7.17. The Morgan fingerprint density at radius 2 is 1.10 bits per heavy atom. The van der Waals surface area contributed by atoms with Crippen molar-refractivity contribution in [2.75, 3.05) is 42.7 Å². The van der Waals surface area contributed by atoms with Crippen LogP contribution in [0.5, 0.6) is 0 Å². The molecule has 2 aliphatic rings. The summed E-state index contributed by atoms with van der Waals surface area (Å²) >= 11 is 0. The molecule has 0 aromatic heterocycles. The minimum Gasteiger partial charge on any atom is -0.466 e. The summed E-state index contributed by atoms with van der Waals surface area (Å²) in [6.07, 6.45) is 0. The maximum absolute atomic E-state index is 14.6. The maximum Gasteiger partial charge on any atom is 0.342 e. The van der Waals surface area contributed by atoms with Crippen molar-refractivity contribution in [3.8, 4) is 0 Å². The lowest BCUT2D eigenvalue weighted by atomic mass is 9.78. The third kappa shape index (κ3) is 3.87. The Kier molecular flexibility index (Phi) is 7.85. The highest BCUT2D eigenvalue weighted by Crippen LogP contribution is 2.63. The second-order valence-electron chi connectivity index (χ2n) is 9.32. The predicted octanol–water partition coefficient (Wildman–Crippen LogP) is 3.14. The highest BCUT2D eigenvalue weighted by Gasteiger charge is 2.78. The van der Waals surface area contributed by atoms with E-state index in [1.54, 1.807) is 24.3 Å². The first kappa shape index (κ1) is 29.3. The molecule has 10 heteroatoms. The molecule has 1 aliphatic heterocycles. The average molecular weight is 553 g/mol. The fourth-order valence-corrected chi connectivity index (χ4v) is 5.49. The van der Waals surface area contributed by atoms with E-state index < -0.39 is 46.2 Å². The Morgan fingerprint density at radius 3 is 1.52 bits per heavy atom. The van der Waals surface area contributed by atoms with E-state index >= 15 is 0 Å². The van der Waals surface area contributed by atoms with Gasteiger partial charge in [-0.3, -0.25) is 4.79 Å². The van der Waals surface area contributed by atoms with Crippen molar-refractivity contribution in [1.82, 2.24) is 0 Å². The molecule has 1 atom stereocenters. The monoisotopic (exact) mass is 552 g/mol. The molecular weight excluding hydrogens is 520 g/mol. The zero-order chi connectivity index (χ0) is 29.5. The van der Waals surface area contributed by atoms with Gasteiger partial charge < -0.3 is 33.2 Å². The van der Waals surface area contributed by atoms with Crippen molar-refractivity contribution in [3.63, 3.8) is 0 Å².